The average molecular weight is 235 g/mol. The zero-order valence-electron chi connectivity index (χ0n) is 6.10. The highest BCUT2D eigenvalue weighted by molar-refractivity contribution is 9.10. The maximum absolute atomic E-state index is 12.6. The highest BCUT2D eigenvalue weighted by atomic mass is 79.9. The zero-order chi connectivity index (χ0) is 8.27. The van der Waals surface area contributed by atoms with Gasteiger partial charge in [0.25, 0.3) is 0 Å². The summed E-state index contributed by atoms with van der Waals surface area (Å²) in [6, 6.07) is 4.78. The second kappa shape index (κ2) is 4.12. The third-order valence-corrected chi connectivity index (χ3v) is 2.65. The summed E-state index contributed by atoms with van der Waals surface area (Å²) in [6.07, 6.45) is 2.02. The molecule has 11 heavy (non-hydrogen) atoms. The van der Waals surface area contributed by atoms with Crippen molar-refractivity contribution in [1.29, 1.82) is 0 Å². The summed E-state index contributed by atoms with van der Waals surface area (Å²) in [7, 11) is 0. The Labute approximate surface area is 78.3 Å². The van der Waals surface area contributed by atoms with Gasteiger partial charge in [-0.2, -0.15) is 11.8 Å². The molecular weight excluding hydrogens is 227 g/mol. The van der Waals surface area contributed by atoms with Crippen LogP contribution in [-0.2, 0) is 5.75 Å². The van der Waals surface area contributed by atoms with Crippen LogP contribution in [-0.4, -0.2) is 6.26 Å². The molecule has 0 spiro atoms. The summed E-state index contributed by atoms with van der Waals surface area (Å²) in [4.78, 5) is 0. The van der Waals surface area contributed by atoms with Gasteiger partial charge in [-0.3, -0.25) is 0 Å². The molecule has 0 aliphatic heterocycles. The molecule has 1 aromatic carbocycles. The summed E-state index contributed by atoms with van der Waals surface area (Å²) in [5.41, 5.74) is 1.14. The first-order valence-corrected chi connectivity index (χ1v) is 5.35. The van der Waals surface area contributed by atoms with Crippen molar-refractivity contribution in [3.05, 3.63) is 34.1 Å². The fourth-order valence-corrected chi connectivity index (χ4v) is 2.03. The van der Waals surface area contributed by atoms with Crippen LogP contribution in [0.5, 0.6) is 0 Å². The van der Waals surface area contributed by atoms with Gasteiger partial charge >= 0.3 is 0 Å². The van der Waals surface area contributed by atoms with Crippen molar-refractivity contribution in [3.8, 4) is 0 Å². The van der Waals surface area contributed by atoms with Crippen LogP contribution < -0.4 is 0 Å². The number of benzene rings is 1. The number of halogens is 2. The predicted octanol–water partition coefficient (Wildman–Crippen LogP) is 3.45. The van der Waals surface area contributed by atoms with E-state index in [2.05, 4.69) is 15.9 Å². The van der Waals surface area contributed by atoms with Gasteiger partial charge in [-0.25, -0.2) is 4.39 Å². The van der Waals surface area contributed by atoms with Gasteiger partial charge in [-0.15, -0.1) is 0 Å². The molecule has 0 atom stereocenters. The van der Waals surface area contributed by atoms with Crippen molar-refractivity contribution < 1.29 is 4.39 Å². The van der Waals surface area contributed by atoms with Crippen LogP contribution in [0.15, 0.2) is 22.7 Å². The number of hydrogen-bond acceptors (Lipinski definition) is 1. The third-order valence-electron chi connectivity index (χ3n) is 1.31. The van der Waals surface area contributed by atoms with Crippen LogP contribution in [0, 0.1) is 5.82 Å². The molecule has 0 saturated carbocycles. The van der Waals surface area contributed by atoms with Gasteiger partial charge in [0.05, 0.1) is 0 Å². The van der Waals surface area contributed by atoms with E-state index in [4.69, 9.17) is 0 Å². The minimum absolute atomic E-state index is 0.193. The Morgan fingerprint density at radius 1 is 1.55 bits per heavy atom. The molecule has 3 heteroatoms. The highest BCUT2D eigenvalue weighted by Crippen LogP contribution is 2.21. The molecule has 1 rings (SSSR count). The summed E-state index contributed by atoms with van der Waals surface area (Å²) in [6.45, 7) is 0. The molecule has 60 valence electrons. The van der Waals surface area contributed by atoms with E-state index in [0.717, 1.165) is 15.8 Å². The second-order valence-corrected chi connectivity index (χ2v) is 3.89. The van der Waals surface area contributed by atoms with Crippen molar-refractivity contribution in [2.45, 2.75) is 5.75 Å². The van der Waals surface area contributed by atoms with Gasteiger partial charge in [0.15, 0.2) is 0 Å². The number of rotatable bonds is 2. The normalized spacial score (nSPS) is 10.1. The standard InChI is InChI=1S/C8H8BrFS/c1-11-5-6-2-3-7(10)4-8(6)9/h2-4H,5H2,1H3. The Morgan fingerprint density at radius 2 is 2.27 bits per heavy atom. The second-order valence-electron chi connectivity index (χ2n) is 2.17. The molecule has 0 aliphatic carbocycles. The topological polar surface area (TPSA) is 0 Å². The zero-order valence-corrected chi connectivity index (χ0v) is 8.51. The van der Waals surface area contributed by atoms with Crippen molar-refractivity contribution in [2.75, 3.05) is 6.26 Å². The SMILES string of the molecule is CSCc1ccc(F)cc1Br. The lowest BCUT2D eigenvalue weighted by molar-refractivity contribution is 0.626. The van der Waals surface area contributed by atoms with E-state index in [1.165, 1.54) is 12.1 Å². The molecular formula is C8H8BrFS. The van der Waals surface area contributed by atoms with Crippen LogP contribution in [0.4, 0.5) is 4.39 Å². The first-order valence-electron chi connectivity index (χ1n) is 3.17. The molecule has 0 aliphatic rings. The van der Waals surface area contributed by atoms with Gasteiger partial charge in [-0.1, -0.05) is 22.0 Å². The van der Waals surface area contributed by atoms with Crippen LogP contribution >= 0.6 is 27.7 Å². The number of thioether (sulfide) groups is 1. The molecule has 0 radical (unpaired) electrons. The van der Waals surface area contributed by atoms with E-state index in [-0.39, 0.29) is 5.82 Å². The molecule has 0 amide bonds. The molecule has 0 unspecified atom stereocenters. The predicted molar refractivity (Wildman–Crippen MR) is 51.3 cm³/mol. The molecule has 0 bridgehead atoms. The van der Waals surface area contributed by atoms with Gasteiger partial charge in [0.2, 0.25) is 0 Å². The molecule has 0 fully saturated rings. The van der Waals surface area contributed by atoms with Gasteiger partial charge in [0.1, 0.15) is 5.82 Å². The maximum atomic E-state index is 12.6. The Bertz CT molecular complexity index is 250. The summed E-state index contributed by atoms with van der Waals surface area (Å²) in [5, 5.41) is 0. The lowest BCUT2D eigenvalue weighted by atomic mass is 10.2. The Hall–Kier alpha value is -0.0200. The fraction of sp³-hybridized carbons (Fsp3) is 0.250. The first-order chi connectivity index (χ1) is 5.24. The van der Waals surface area contributed by atoms with Crippen LogP contribution in [0.25, 0.3) is 0 Å². The molecule has 0 heterocycles. The Morgan fingerprint density at radius 3 is 2.82 bits per heavy atom. The van der Waals surface area contributed by atoms with E-state index in [1.807, 2.05) is 6.26 Å². The van der Waals surface area contributed by atoms with Crippen LogP contribution in [0.3, 0.4) is 0 Å². The fourth-order valence-electron chi connectivity index (χ4n) is 0.794. The molecule has 0 nitrogen and oxygen atoms in total. The minimum atomic E-state index is -0.193. The smallest absolute Gasteiger partial charge is 0.124 e. The molecule has 0 saturated heterocycles. The monoisotopic (exact) mass is 234 g/mol. The van der Waals surface area contributed by atoms with Gasteiger partial charge in [0, 0.05) is 10.2 Å². The number of hydrogen-bond donors (Lipinski definition) is 0. The minimum Gasteiger partial charge on any atom is -0.207 e. The van der Waals surface area contributed by atoms with Gasteiger partial charge < -0.3 is 0 Å². The largest absolute Gasteiger partial charge is 0.207 e. The lowest BCUT2D eigenvalue weighted by Crippen LogP contribution is -1.83. The van der Waals surface area contributed by atoms with E-state index < -0.39 is 0 Å². The van der Waals surface area contributed by atoms with Crippen LogP contribution in [0.2, 0.25) is 0 Å². The molecule has 0 N–H and O–H groups in total. The summed E-state index contributed by atoms with van der Waals surface area (Å²) in [5.74, 6) is 0.725. The quantitative estimate of drug-likeness (QED) is 0.756. The molecule has 1 aromatic rings. The van der Waals surface area contributed by atoms with E-state index in [1.54, 1.807) is 17.8 Å². The average Bonchev–Trinajstić information content (AvgIpc) is 1.95. The van der Waals surface area contributed by atoms with Crippen LogP contribution in [0.1, 0.15) is 5.56 Å². The van der Waals surface area contributed by atoms with Gasteiger partial charge in [-0.05, 0) is 24.0 Å². The third kappa shape index (κ3) is 2.49. The maximum Gasteiger partial charge on any atom is 0.124 e. The van der Waals surface area contributed by atoms with Crippen molar-refractivity contribution >= 4 is 27.7 Å². The first kappa shape index (κ1) is 9.07. The van der Waals surface area contributed by atoms with E-state index in [9.17, 15) is 4.39 Å². The Kier molecular flexibility index (Phi) is 3.40. The molecule has 0 aromatic heterocycles. The Balaban J connectivity index is 2.90. The van der Waals surface area contributed by atoms with Crippen molar-refractivity contribution in [3.63, 3.8) is 0 Å². The summed E-state index contributed by atoms with van der Waals surface area (Å²) >= 11 is 5.02. The van der Waals surface area contributed by atoms with Crippen molar-refractivity contribution in [1.82, 2.24) is 0 Å². The lowest BCUT2D eigenvalue weighted by Gasteiger charge is -2.00. The highest BCUT2D eigenvalue weighted by Gasteiger charge is 1.99. The van der Waals surface area contributed by atoms with E-state index in [0.29, 0.717) is 0 Å². The summed E-state index contributed by atoms with van der Waals surface area (Å²) < 4.78 is 13.4. The van der Waals surface area contributed by atoms with E-state index >= 15 is 0 Å². The van der Waals surface area contributed by atoms with Crippen molar-refractivity contribution in [2.24, 2.45) is 0 Å².